The van der Waals surface area contributed by atoms with Crippen LogP contribution in [0.2, 0.25) is 0 Å². The fourth-order valence-corrected chi connectivity index (χ4v) is 5.41. The van der Waals surface area contributed by atoms with E-state index in [-0.39, 0.29) is 30.2 Å². The number of anilines is 2. The molecular weight excluding hydrogens is 454 g/mol. The number of thiocarbonyl (C=S) groups is 1. The van der Waals surface area contributed by atoms with Crippen molar-refractivity contribution in [3.8, 4) is 0 Å². The van der Waals surface area contributed by atoms with Crippen molar-refractivity contribution in [2.75, 3.05) is 23.3 Å². The highest BCUT2D eigenvalue weighted by atomic mass is 32.2. The van der Waals surface area contributed by atoms with Crippen LogP contribution in [0, 0.1) is 19.8 Å². The largest absolute Gasteiger partial charge is 0.324 e. The van der Waals surface area contributed by atoms with E-state index < -0.39 is 0 Å². The third-order valence-corrected chi connectivity index (χ3v) is 7.04. The van der Waals surface area contributed by atoms with Gasteiger partial charge in [-0.1, -0.05) is 74.2 Å². The number of nitrogens with zero attached hydrogens (tertiary/aromatic N) is 2. The molecule has 0 spiro atoms. The van der Waals surface area contributed by atoms with Crippen molar-refractivity contribution >= 4 is 63.0 Å². The highest BCUT2D eigenvalue weighted by molar-refractivity contribution is 8.26. The van der Waals surface area contributed by atoms with Gasteiger partial charge in [-0.05, 0) is 37.0 Å². The molecule has 2 aliphatic heterocycles. The maximum atomic E-state index is 13.5. The molecule has 0 bridgehead atoms. The highest BCUT2D eigenvalue weighted by Crippen LogP contribution is 2.44. The lowest BCUT2D eigenvalue weighted by atomic mass is 10.1. The minimum Gasteiger partial charge on any atom is -0.324 e. The number of amides is 3. The Labute approximate surface area is 203 Å². The smallest absolute Gasteiger partial charge is 0.267 e. The summed E-state index contributed by atoms with van der Waals surface area (Å²) in [5.74, 6) is -0.672. The van der Waals surface area contributed by atoms with Gasteiger partial charge in [-0.3, -0.25) is 24.2 Å². The van der Waals surface area contributed by atoms with Crippen molar-refractivity contribution < 1.29 is 14.4 Å². The van der Waals surface area contributed by atoms with E-state index in [0.29, 0.717) is 32.6 Å². The summed E-state index contributed by atoms with van der Waals surface area (Å²) in [7, 11) is 0. The first-order valence-electron chi connectivity index (χ1n) is 10.7. The zero-order valence-corrected chi connectivity index (χ0v) is 20.6. The van der Waals surface area contributed by atoms with Crippen LogP contribution in [-0.2, 0) is 14.4 Å². The van der Waals surface area contributed by atoms with Gasteiger partial charge in [-0.25, -0.2) is 0 Å². The Bertz CT molecular complexity index is 1200. The summed E-state index contributed by atoms with van der Waals surface area (Å²) in [4.78, 5) is 42.9. The quantitative estimate of drug-likeness (QED) is 0.505. The van der Waals surface area contributed by atoms with E-state index in [0.717, 1.165) is 28.6 Å². The summed E-state index contributed by atoms with van der Waals surface area (Å²) in [6, 6.07) is 13.0. The summed E-state index contributed by atoms with van der Waals surface area (Å²) >= 11 is 6.58. The number of carbonyl (C=O) groups is 3. The van der Waals surface area contributed by atoms with Gasteiger partial charge >= 0.3 is 0 Å². The number of hydrogen-bond acceptors (Lipinski definition) is 5. The lowest BCUT2D eigenvalue weighted by Crippen LogP contribution is -2.36. The first kappa shape index (κ1) is 23.2. The van der Waals surface area contributed by atoms with E-state index in [1.807, 2.05) is 58.0 Å². The SMILES string of the molecule is Cc1cccc(C)c1NC(=O)CN1C(=O)C(=C2SC(=S)N(CC(C)C)C2=O)c2ccccc21. The Hall–Kier alpha value is -2.97. The van der Waals surface area contributed by atoms with Crippen LogP contribution in [-0.4, -0.2) is 40.0 Å². The molecule has 170 valence electrons. The third-order valence-electron chi connectivity index (χ3n) is 5.59. The minimum absolute atomic E-state index is 0.153. The molecule has 2 aliphatic rings. The minimum atomic E-state index is -0.363. The van der Waals surface area contributed by atoms with Crippen molar-refractivity contribution in [2.24, 2.45) is 5.92 Å². The van der Waals surface area contributed by atoms with E-state index in [1.54, 1.807) is 17.0 Å². The topological polar surface area (TPSA) is 69.7 Å². The normalized spacial score (nSPS) is 17.9. The van der Waals surface area contributed by atoms with Gasteiger partial charge in [0.1, 0.15) is 10.9 Å². The van der Waals surface area contributed by atoms with Crippen LogP contribution in [0.3, 0.4) is 0 Å². The van der Waals surface area contributed by atoms with E-state index in [4.69, 9.17) is 12.2 Å². The number of rotatable bonds is 5. The van der Waals surface area contributed by atoms with Crippen LogP contribution in [0.5, 0.6) is 0 Å². The standard InChI is InChI=1S/C25H25N3O3S2/c1-14(2)12-28-24(31)22(33-25(28)32)20-17-10-5-6-11-18(17)27(23(20)30)13-19(29)26-21-15(3)8-7-9-16(21)4/h5-11,14H,12-13H2,1-4H3,(H,26,29). The third kappa shape index (κ3) is 4.32. The molecular formula is C25H25N3O3S2. The Morgan fingerprint density at radius 3 is 2.33 bits per heavy atom. The van der Waals surface area contributed by atoms with Crippen LogP contribution in [0.4, 0.5) is 11.4 Å². The maximum Gasteiger partial charge on any atom is 0.267 e. The fraction of sp³-hybridized carbons (Fsp3) is 0.280. The molecule has 33 heavy (non-hydrogen) atoms. The number of para-hydroxylation sites is 2. The number of fused-ring (bicyclic) bond motifs is 1. The predicted octanol–water partition coefficient (Wildman–Crippen LogP) is 4.52. The molecule has 4 rings (SSSR count). The summed E-state index contributed by atoms with van der Waals surface area (Å²) in [6.45, 7) is 8.22. The Morgan fingerprint density at radius 1 is 1.00 bits per heavy atom. The monoisotopic (exact) mass is 479 g/mol. The second-order valence-corrected chi connectivity index (χ2v) is 10.2. The molecule has 0 atom stereocenters. The van der Waals surface area contributed by atoms with Gasteiger partial charge in [0, 0.05) is 17.8 Å². The number of hydrogen-bond donors (Lipinski definition) is 1. The lowest BCUT2D eigenvalue weighted by Gasteiger charge is -2.18. The molecule has 0 unspecified atom stereocenters. The van der Waals surface area contributed by atoms with Gasteiger partial charge < -0.3 is 5.32 Å². The van der Waals surface area contributed by atoms with Crippen LogP contribution < -0.4 is 10.2 Å². The van der Waals surface area contributed by atoms with Crippen molar-refractivity contribution in [3.63, 3.8) is 0 Å². The number of aryl methyl sites for hydroxylation is 2. The molecule has 1 fully saturated rings. The van der Waals surface area contributed by atoms with Crippen LogP contribution in [0.25, 0.3) is 5.57 Å². The van der Waals surface area contributed by atoms with Gasteiger partial charge in [-0.15, -0.1) is 0 Å². The number of carbonyl (C=O) groups excluding carboxylic acids is 3. The Balaban J connectivity index is 1.66. The maximum absolute atomic E-state index is 13.5. The van der Waals surface area contributed by atoms with Gasteiger partial charge in [0.25, 0.3) is 11.8 Å². The lowest BCUT2D eigenvalue weighted by molar-refractivity contribution is -0.122. The molecule has 6 nitrogen and oxygen atoms in total. The fourth-order valence-electron chi connectivity index (χ4n) is 4.06. The van der Waals surface area contributed by atoms with Gasteiger partial charge in [0.15, 0.2) is 0 Å². The zero-order valence-electron chi connectivity index (χ0n) is 19.0. The molecule has 3 amide bonds. The van der Waals surface area contributed by atoms with Crippen molar-refractivity contribution in [1.29, 1.82) is 0 Å². The second-order valence-electron chi connectivity index (χ2n) is 8.61. The zero-order chi connectivity index (χ0) is 23.9. The number of nitrogens with one attached hydrogen (secondary N) is 1. The average Bonchev–Trinajstić information content (AvgIpc) is 3.18. The van der Waals surface area contributed by atoms with Crippen LogP contribution in [0.15, 0.2) is 47.4 Å². The van der Waals surface area contributed by atoms with Gasteiger partial charge in [0.2, 0.25) is 5.91 Å². The molecule has 1 N–H and O–H groups in total. The molecule has 2 heterocycles. The van der Waals surface area contributed by atoms with E-state index in [1.165, 1.54) is 4.90 Å². The molecule has 0 aromatic heterocycles. The van der Waals surface area contributed by atoms with Gasteiger partial charge in [0.05, 0.1) is 16.2 Å². The van der Waals surface area contributed by atoms with Crippen molar-refractivity contribution in [1.82, 2.24) is 4.90 Å². The molecule has 0 aliphatic carbocycles. The van der Waals surface area contributed by atoms with Crippen molar-refractivity contribution in [3.05, 3.63) is 64.1 Å². The van der Waals surface area contributed by atoms with Crippen LogP contribution in [0.1, 0.15) is 30.5 Å². The summed E-state index contributed by atoms with van der Waals surface area (Å²) < 4.78 is 0.452. The second kappa shape index (κ2) is 9.11. The van der Waals surface area contributed by atoms with E-state index in [2.05, 4.69) is 5.32 Å². The van der Waals surface area contributed by atoms with E-state index in [9.17, 15) is 14.4 Å². The predicted molar refractivity (Wildman–Crippen MR) is 137 cm³/mol. The first-order valence-corrected chi connectivity index (χ1v) is 12.0. The van der Waals surface area contributed by atoms with Crippen molar-refractivity contribution in [2.45, 2.75) is 27.7 Å². The molecule has 0 saturated carbocycles. The Kier molecular flexibility index (Phi) is 6.41. The first-order chi connectivity index (χ1) is 15.7. The molecule has 0 radical (unpaired) electrons. The number of thioether (sulfide) groups is 1. The molecule has 1 saturated heterocycles. The molecule has 2 aromatic carbocycles. The van der Waals surface area contributed by atoms with E-state index >= 15 is 0 Å². The van der Waals surface area contributed by atoms with Gasteiger partial charge in [-0.2, -0.15) is 0 Å². The van der Waals surface area contributed by atoms with Crippen LogP contribution >= 0.6 is 24.0 Å². The summed E-state index contributed by atoms with van der Waals surface area (Å²) in [5.41, 5.74) is 4.22. The molecule has 8 heteroatoms. The number of benzene rings is 2. The Morgan fingerprint density at radius 2 is 1.67 bits per heavy atom. The molecule has 2 aromatic rings. The highest BCUT2D eigenvalue weighted by Gasteiger charge is 2.42. The summed E-state index contributed by atoms with van der Waals surface area (Å²) in [6.07, 6.45) is 0. The average molecular weight is 480 g/mol. The summed E-state index contributed by atoms with van der Waals surface area (Å²) in [5, 5.41) is 2.94.